The quantitative estimate of drug-likeness (QED) is 0.507. The van der Waals surface area contributed by atoms with Crippen LogP contribution < -0.4 is 0 Å². The summed E-state index contributed by atoms with van der Waals surface area (Å²) >= 11 is 0. The molecule has 1 N–H and O–H groups in total. The summed E-state index contributed by atoms with van der Waals surface area (Å²) in [7, 11) is 0. The fourth-order valence-corrected chi connectivity index (χ4v) is 4.04. The molecule has 0 aromatic carbocycles. The van der Waals surface area contributed by atoms with Gasteiger partial charge >= 0.3 is 5.97 Å². The highest BCUT2D eigenvalue weighted by molar-refractivity contribution is 5.86. The van der Waals surface area contributed by atoms with Gasteiger partial charge in [0.2, 0.25) is 12.0 Å². The molecular weight excluding hydrogens is 320 g/mol. The minimum atomic E-state index is -0.459. The lowest BCUT2D eigenvalue weighted by molar-refractivity contribution is -0.184. The summed E-state index contributed by atoms with van der Waals surface area (Å²) in [5.41, 5.74) is 0. The van der Waals surface area contributed by atoms with Gasteiger partial charge in [0.1, 0.15) is 6.61 Å². The SMILES string of the molecule is C=CCOC(=O)C1=C[C@H](C2CCCCC2)[C@H](CCCO)[C@H](OCC)O1. The van der Waals surface area contributed by atoms with E-state index in [0.29, 0.717) is 18.9 Å². The van der Waals surface area contributed by atoms with Crippen molar-refractivity contribution in [2.24, 2.45) is 17.8 Å². The molecule has 1 saturated carbocycles. The van der Waals surface area contributed by atoms with Crippen LogP contribution in [-0.2, 0) is 19.0 Å². The van der Waals surface area contributed by atoms with Gasteiger partial charge in [0.05, 0.1) is 0 Å². The number of ether oxygens (including phenoxy) is 3. The number of rotatable bonds is 9. The summed E-state index contributed by atoms with van der Waals surface area (Å²) in [6, 6.07) is 0. The van der Waals surface area contributed by atoms with Crippen LogP contribution in [0.3, 0.4) is 0 Å². The number of esters is 1. The maximum Gasteiger partial charge on any atom is 0.373 e. The van der Waals surface area contributed by atoms with Gasteiger partial charge in [-0.2, -0.15) is 0 Å². The molecule has 0 saturated heterocycles. The third kappa shape index (κ3) is 5.58. The molecule has 1 aliphatic heterocycles. The zero-order chi connectivity index (χ0) is 18.1. The first-order valence-corrected chi connectivity index (χ1v) is 9.60. The van der Waals surface area contributed by atoms with Crippen molar-refractivity contribution in [2.45, 2.75) is 58.2 Å². The predicted molar refractivity (Wildman–Crippen MR) is 95.6 cm³/mol. The fraction of sp³-hybridized carbons (Fsp3) is 0.750. The second-order valence-electron chi connectivity index (χ2n) is 6.86. The van der Waals surface area contributed by atoms with Crippen LogP contribution >= 0.6 is 0 Å². The maximum absolute atomic E-state index is 12.3. The second kappa shape index (κ2) is 10.6. The van der Waals surface area contributed by atoms with E-state index in [2.05, 4.69) is 6.58 Å². The highest BCUT2D eigenvalue weighted by Gasteiger charge is 2.41. The molecule has 5 heteroatoms. The monoisotopic (exact) mass is 352 g/mol. The van der Waals surface area contributed by atoms with E-state index < -0.39 is 12.3 Å². The predicted octanol–water partition coefficient (Wildman–Crippen LogP) is 3.58. The van der Waals surface area contributed by atoms with Gasteiger partial charge in [-0.1, -0.05) is 31.9 Å². The van der Waals surface area contributed by atoms with Crippen molar-refractivity contribution in [2.75, 3.05) is 19.8 Å². The summed E-state index contributed by atoms with van der Waals surface area (Å²) in [5, 5.41) is 9.27. The van der Waals surface area contributed by atoms with Crippen LogP contribution in [-0.4, -0.2) is 37.2 Å². The Morgan fingerprint density at radius 1 is 1.40 bits per heavy atom. The molecule has 0 aromatic rings. The molecule has 0 radical (unpaired) electrons. The van der Waals surface area contributed by atoms with Gasteiger partial charge in [0.15, 0.2) is 0 Å². The van der Waals surface area contributed by atoms with Gasteiger partial charge in [-0.3, -0.25) is 0 Å². The third-order valence-electron chi connectivity index (χ3n) is 5.19. The largest absolute Gasteiger partial charge is 0.457 e. The lowest BCUT2D eigenvalue weighted by Gasteiger charge is -2.41. The number of carbonyl (C=O) groups is 1. The third-order valence-corrected chi connectivity index (χ3v) is 5.19. The van der Waals surface area contributed by atoms with E-state index in [1.807, 2.05) is 13.0 Å². The van der Waals surface area contributed by atoms with Crippen LogP contribution in [0.2, 0.25) is 0 Å². The van der Waals surface area contributed by atoms with Crippen molar-refractivity contribution < 1.29 is 24.1 Å². The van der Waals surface area contributed by atoms with Crippen molar-refractivity contribution in [3.63, 3.8) is 0 Å². The molecule has 1 aliphatic carbocycles. The number of carbonyl (C=O) groups excluding carboxylic acids is 1. The zero-order valence-corrected chi connectivity index (χ0v) is 15.3. The number of hydrogen-bond donors (Lipinski definition) is 1. The van der Waals surface area contributed by atoms with Gasteiger partial charge in [-0.15, -0.1) is 0 Å². The second-order valence-corrected chi connectivity index (χ2v) is 6.86. The van der Waals surface area contributed by atoms with Crippen LogP contribution in [0.1, 0.15) is 51.9 Å². The van der Waals surface area contributed by atoms with E-state index in [1.165, 1.54) is 32.1 Å². The van der Waals surface area contributed by atoms with Crippen molar-refractivity contribution in [1.82, 2.24) is 0 Å². The van der Waals surface area contributed by atoms with Gasteiger partial charge < -0.3 is 19.3 Å². The Kier molecular flexibility index (Phi) is 8.49. The minimum Gasteiger partial charge on any atom is -0.457 e. The van der Waals surface area contributed by atoms with Gasteiger partial charge in [0.25, 0.3) is 0 Å². The summed E-state index contributed by atoms with van der Waals surface area (Å²) < 4.78 is 16.9. The molecule has 2 aliphatic rings. The number of aliphatic hydroxyl groups excluding tert-OH is 1. The van der Waals surface area contributed by atoms with Crippen molar-refractivity contribution >= 4 is 5.97 Å². The van der Waals surface area contributed by atoms with Gasteiger partial charge in [-0.25, -0.2) is 4.79 Å². The van der Waals surface area contributed by atoms with Crippen LogP contribution in [0, 0.1) is 17.8 Å². The Labute approximate surface area is 151 Å². The molecule has 0 bridgehead atoms. The summed E-state index contributed by atoms with van der Waals surface area (Å²) in [6.45, 7) is 6.34. The van der Waals surface area contributed by atoms with E-state index in [0.717, 1.165) is 6.42 Å². The standard InChI is InChI=1S/C20H32O5/c1-3-13-24-19(22)18-14-17(15-9-6-5-7-10-15)16(11-8-12-21)20(25-18)23-4-2/h3,14-17,20-21H,1,4-13H2,2H3/t16-,17+,20+/m0/s1. The molecule has 0 unspecified atom stereocenters. The maximum atomic E-state index is 12.3. The van der Waals surface area contributed by atoms with Crippen LogP contribution in [0.4, 0.5) is 0 Å². The highest BCUT2D eigenvalue weighted by atomic mass is 16.7. The molecule has 5 nitrogen and oxygen atoms in total. The number of hydrogen-bond acceptors (Lipinski definition) is 5. The Bertz CT molecular complexity index is 453. The average molecular weight is 352 g/mol. The molecule has 0 spiro atoms. The Morgan fingerprint density at radius 3 is 2.80 bits per heavy atom. The topological polar surface area (TPSA) is 65.0 Å². The molecule has 0 amide bonds. The summed E-state index contributed by atoms with van der Waals surface area (Å²) in [6.07, 6.45) is 10.7. The molecule has 25 heavy (non-hydrogen) atoms. The first kappa shape index (κ1) is 20.0. The number of allylic oxidation sites excluding steroid dienone is 1. The normalized spacial score (nSPS) is 27.3. The molecule has 1 fully saturated rings. The van der Waals surface area contributed by atoms with Crippen LogP contribution in [0.15, 0.2) is 24.5 Å². The van der Waals surface area contributed by atoms with Gasteiger partial charge in [0, 0.05) is 19.1 Å². The highest BCUT2D eigenvalue weighted by Crippen LogP contribution is 2.42. The van der Waals surface area contributed by atoms with Crippen LogP contribution in [0.25, 0.3) is 0 Å². The molecule has 1 heterocycles. The molecule has 0 aromatic heterocycles. The van der Waals surface area contributed by atoms with Gasteiger partial charge in [-0.05, 0) is 50.5 Å². The molecular formula is C20H32O5. The zero-order valence-electron chi connectivity index (χ0n) is 15.3. The first-order chi connectivity index (χ1) is 12.2. The number of aliphatic hydroxyl groups is 1. The minimum absolute atomic E-state index is 0.157. The molecule has 3 atom stereocenters. The lowest BCUT2D eigenvalue weighted by Crippen LogP contribution is -2.40. The fourth-order valence-electron chi connectivity index (χ4n) is 4.04. The summed E-state index contributed by atoms with van der Waals surface area (Å²) in [4.78, 5) is 12.3. The van der Waals surface area contributed by atoms with Crippen LogP contribution in [0.5, 0.6) is 0 Å². The van der Waals surface area contributed by atoms with E-state index >= 15 is 0 Å². The van der Waals surface area contributed by atoms with Crippen molar-refractivity contribution in [3.05, 3.63) is 24.5 Å². The Hall–Kier alpha value is -1.33. The Morgan fingerprint density at radius 2 is 2.16 bits per heavy atom. The van der Waals surface area contributed by atoms with Crippen molar-refractivity contribution in [3.8, 4) is 0 Å². The van der Waals surface area contributed by atoms with E-state index in [9.17, 15) is 9.90 Å². The molecule has 142 valence electrons. The summed E-state index contributed by atoms with van der Waals surface area (Å²) in [5.74, 6) is 0.725. The Balaban J connectivity index is 2.23. The molecule has 2 rings (SSSR count). The smallest absolute Gasteiger partial charge is 0.373 e. The lowest BCUT2D eigenvalue weighted by atomic mass is 9.71. The van der Waals surface area contributed by atoms with E-state index in [-0.39, 0.29) is 30.8 Å². The average Bonchev–Trinajstić information content (AvgIpc) is 2.65. The van der Waals surface area contributed by atoms with E-state index in [4.69, 9.17) is 14.2 Å². The first-order valence-electron chi connectivity index (χ1n) is 9.60. The van der Waals surface area contributed by atoms with Crippen molar-refractivity contribution in [1.29, 1.82) is 0 Å². The van der Waals surface area contributed by atoms with E-state index in [1.54, 1.807) is 6.08 Å².